The van der Waals surface area contributed by atoms with Crippen molar-refractivity contribution >= 4 is 17.6 Å². The van der Waals surface area contributed by atoms with E-state index in [1.165, 1.54) is 0 Å². The molecular weight excluding hydrogens is 153 g/mol. The van der Waals surface area contributed by atoms with E-state index in [1.807, 2.05) is 0 Å². The predicted molar refractivity (Wildman–Crippen MR) is 27.4 cm³/mol. The van der Waals surface area contributed by atoms with Crippen LogP contribution in [0.4, 0.5) is 8.78 Å². The fraction of sp³-hybridized carbons (Fsp3) is 0.750. The second-order valence-electron chi connectivity index (χ2n) is 1.40. The van der Waals surface area contributed by atoms with Crippen LogP contribution in [0.15, 0.2) is 0 Å². The molecule has 0 aromatic carbocycles. The van der Waals surface area contributed by atoms with Crippen molar-refractivity contribution in [2.45, 2.75) is 12.3 Å². The van der Waals surface area contributed by atoms with Crippen LogP contribution in [0.1, 0.15) is 6.92 Å². The molecular formula is C4H5ClF2O2. The molecule has 0 saturated carbocycles. The first kappa shape index (κ1) is 8.62. The van der Waals surface area contributed by atoms with Crippen LogP contribution in [0, 0.1) is 0 Å². The Morgan fingerprint density at radius 1 is 1.78 bits per heavy atom. The van der Waals surface area contributed by atoms with Gasteiger partial charge in [0.2, 0.25) is 0 Å². The topological polar surface area (TPSA) is 26.3 Å². The Morgan fingerprint density at radius 3 is 2.33 bits per heavy atom. The van der Waals surface area contributed by atoms with Crippen molar-refractivity contribution in [3.63, 3.8) is 0 Å². The number of hydrogen-bond acceptors (Lipinski definition) is 2. The molecule has 54 valence electrons. The molecule has 0 N–H and O–H groups in total. The molecule has 2 nitrogen and oxygen atoms in total. The fourth-order valence-electron chi connectivity index (χ4n) is 0.183. The molecule has 0 aliphatic rings. The van der Waals surface area contributed by atoms with Crippen molar-refractivity contribution in [2.24, 2.45) is 0 Å². The molecule has 0 radical (unpaired) electrons. The maximum absolute atomic E-state index is 11.6. The third-order valence-corrected chi connectivity index (χ3v) is 0.548. The minimum absolute atomic E-state index is 0.768. The van der Waals surface area contributed by atoms with Gasteiger partial charge < -0.3 is 4.74 Å². The van der Waals surface area contributed by atoms with Gasteiger partial charge in [-0.2, -0.15) is 8.78 Å². The van der Waals surface area contributed by atoms with E-state index in [-0.39, 0.29) is 0 Å². The lowest BCUT2D eigenvalue weighted by atomic mass is 10.7. The van der Waals surface area contributed by atoms with Crippen molar-refractivity contribution in [1.82, 2.24) is 0 Å². The molecule has 5 heteroatoms. The van der Waals surface area contributed by atoms with Gasteiger partial charge in [0, 0.05) is 6.92 Å². The summed E-state index contributed by atoms with van der Waals surface area (Å²) >= 11 is 4.37. The van der Waals surface area contributed by atoms with Gasteiger partial charge in [-0.15, -0.1) is 0 Å². The minimum atomic E-state index is -3.44. The monoisotopic (exact) mass is 158 g/mol. The third kappa shape index (κ3) is 7.62. The van der Waals surface area contributed by atoms with Gasteiger partial charge in [0.05, 0.1) is 0 Å². The molecule has 0 aliphatic heterocycles. The Bertz CT molecular complexity index is 110. The summed E-state index contributed by atoms with van der Waals surface area (Å²) in [4.78, 5) is 9.88. The maximum atomic E-state index is 11.6. The lowest BCUT2D eigenvalue weighted by molar-refractivity contribution is -0.146. The van der Waals surface area contributed by atoms with Gasteiger partial charge in [-0.05, 0) is 11.6 Å². The van der Waals surface area contributed by atoms with E-state index < -0.39 is 18.0 Å². The zero-order valence-corrected chi connectivity index (χ0v) is 5.41. The van der Waals surface area contributed by atoms with Crippen LogP contribution in [0.5, 0.6) is 0 Å². The molecule has 0 heterocycles. The van der Waals surface area contributed by atoms with Gasteiger partial charge >= 0.3 is 11.4 Å². The summed E-state index contributed by atoms with van der Waals surface area (Å²) in [6, 6.07) is 0. The van der Waals surface area contributed by atoms with E-state index in [2.05, 4.69) is 16.3 Å². The summed E-state index contributed by atoms with van der Waals surface area (Å²) in [7, 11) is 0. The van der Waals surface area contributed by atoms with E-state index in [1.54, 1.807) is 0 Å². The average Bonchev–Trinajstić information content (AvgIpc) is 1.59. The summed E-state index contributed by atoms with van der Waals surface area (Å²) in [5.74, 6) is -0.768. The molecule has 0 aromatic rings. The second-order valence-corrected chi connectivity index (χ2v) is 1.95. The van der Waals surface area contributed by atoms with Crippen LogP contribution in [0.3, 0.4) is 0 Å². The minimum Gasteiger partial charge on any atom is -0.458 e. The average molecular weight is 159 g/mol. The lowest BCUT2D eigenvalue weighted by Gasteiger charge is -2.05. The van der Waals surface area contributed by atoms with Crippen molar-refractivity contribution in [3.8, 4) is 0 Å². The van der Waals surface area contributed by atoms with Gasteiger partial charge in [-0.1, -0.05) is 0 Å². The van der Waals surface area contributed by atoms with Crippen molar-refractivity contribution in [1.29, 1.82) is 0 Å². The number of hydrogen-bond donors (Lipinski definition) is 0. The number of ether oxygens (including phenoxy) is 1. The predicted octanol–water partition coefficient (Wildman–Crippen LogP) is 1.38. The highest BCUT2D eigenvalue weighted by atomic mass is 35.5. The van der Waals surface area contributed by atoms with Crippen molar-refractivity contribution in [3.05, 3.63) is 0 Å². The van der Waals surface area contributed by atoms with Gasteiger partial charge in [0.1, 0.15) is 0 Å². The highest BCUT2D eigenvalue weighted by Gasteiger charge is 2.25. The van der Waals surface area contributed by atoms with E-state index in [0.29, 0.717) is 0 Å². The molecule has 9 heavy (non-hydrogen) atoms. The first-order chi connectivity index (χ1) is 3.92. The number of halogens is 3. The van der Waals surface area contributed by atoms with E-state index in [4.69, 9.17) is 0 Å². The molecule has 0 spiro atoms. The van der Waals surface area contributed by atoms with Gasteiger partial charge in [0.15, 0.2) is 6.61 Å². The Kier molecular flexibility index (Phi) is 2.84. The normalized spacial score (nSPS) is 11.1. The van der Waals surface area contributed by atoms with Crippen LogP contribution < -0.4 is 0 Å². The molecule has 0 aromatic heterocycles. The summed E-state index contributed by atoms with van der Waals surface area (Å²) in [6.45, 7) is -0.0352. The summed E-state index contributed by atoms with van der Waals surface area (Å²) in [6.07, 6.45) is 0. The molecule has 0 unspecified atom stereocenters. The standard InChI is InChI=1S/C4H5ClF2O2/c1-3(8)9-2-4(5,6)7/h2H2,1H3. The van der Waals surface area contributed by atoms with Crippen LogP contribution >= 0.6 is 11.6 Å². The number of rotatable bonds is 2. The number of carbonyl (C=O) groups excluding carboxylic acids is 1. The number of carbonyl (C=O) groups is 1. The highest BCUT2D eigenvalue weighted by molar-refractivity contribution is 6.21. The zero-order chi connectivity index (χ0) is 7.49. The zero-order valence-electron chi connectivity index (χ0n) is 4.66. The first-order valence-electron chi connectivity index (χ1n) is 2.12. The summed E-state index contributed by atoms with van der Waals surface area (Å²) in [5, 5.41) is -3.44. The SMILES string of the molecule is CC(=O)OCC(F)(F)Cl. The largest absolute Gasteiger partial charge is 0.458 e. The Morgan fingerprint density at radius 2 is 2.22 bits per heavy atom. The maximum Gasteiger partial charge on any atom is 0.355 e. The second kappa shape index (κ2) is 2.96. The number of alkyl halides is 3. The molecule has 0 rings (SSSR count). The van der Waals surface area contributed by atoms with Crippen LogP contribution in [-0.4, -0.2) is 18.0 Å². The Labute approximate surface area is 55.7 Å². The molecule has 0 atom stereocenters. The first-order valence-corrected chi connectivity index (χ1v) is 2.50. The summed E-state index contributed by atoms with van der Waals surface area (Å²) in [5.41, 5.74) is 0. The summed E-state index contributed by atoms with van der Waals surface area (Å²) < 4.78 is 27.0. The van der Waals surface area contributed by atoms with Gasteiger partial charge in [-0.3, -0.25) is 4.79 Å². The number of esters is 1. The third-order valence-electron chi connectivity index (χ3n) is 0.439. The fourth-order valence-corrected chi connectivity index (χ4v) is 0.238. The van der Waals surface area contributed by atoms with Crippen molar-refractivity contribution in [2.75, 3.05) is 6.61 Å². The van der Waals surface area contributed by atoms with E-state index >= 15 is 0 Å². The van der Waals surface area contributed by atoms with Crippen LogP contribution in [0.25, 0.3) is 0 Å². The highest BCUT2D eigenvalue weighted by Crippen LogP contribution is 2.18. The molecule has 0 bridgehead atoms. The van der Waals surface area contributed by atoms with Gasteiger partial charge in [-0.25, -0.2) is 0 Å². The molecule has 0 fully saturated rings. The Hall–Kier alpha value is -0.380. The molecule has 0 amide bonds. The van der Waals surface area contributed by atoms with E-state index in [0.717, 1.165) is 6.92 Å². The van der Waals surface area contributed by atoms with Crippen molar-refractivity contribution < 1.29 is 18.3 Å². The Balaban J connectivity index is 3.39. The molecule has 0 saturated heterocycles. The van der Waals surface area contributed by atoms with E-state index in [9.17, 15) is 13.6 Å². The van der Waals surface area contributed by atoms with Gasteiger partial charge in [0.25, 0.3) is 0 Å². The quantitative estimate of drug-likeness (QED) is 0.448. The molecule has 0 aliphatic carbocycles. The van der Waals surface area contributed by atoms with Crippen LogP contribution in [0.2, 0.25) is 0 Å². The van der Waals surface area contributed by atoms with Crippen LogP contribution in [-0.2, 0) is 9.53 Å². The lowest BCUT2D eigenvalue weighted by Crippen LogP contribution is -2.17. The smallest absolute Gasteiger partial charge is 0.355 e.